The average Bonchev–Trinajstić information content (AvgIpc) is 2.98. The summed E-state index contributed by atoms with van der Waals surface area (Å²) in [5.41, 5.74) is 3.36. The van der Waals surface area contributed by atoms with Crippen molar-refractivity contribution in [1.29, 1.82) is 0 Å². The predicted octanol–water partition coefficient (Wildman–Crippen LogP) is 4.06. The first-order valence-electron chi connectivity index (χ1n) is 7.67. The van der Waals surface area contributed by atoms with Crippen LogP contribution in [0, 0.1) is 0 Å². The number of hydrogen-bond acceptors (Lipinski definition) is 1. The summed E-state index contributed by atoms with van der Waals surface area (Å²) in [6, 6.07) is 15.7. The summed E-state index contributed by atoms with van der Waals surface area (Å²) in [5, 5.41) is 1.92. The predicted molar refractivity (Wildman–Crippen MR) is 94.8 cm³/mol. The van der Waals surface area contributed by atoms with E-state index in [-0.39, 0.29) is 5.91 Å². The molecular weight excluding hydrogens is 308 g/mol. The Morgan fingerprint density at radius 1 is 1.13 bits per heavy atom. The fraction of sp³-hybridized carbons (Fsp3) is 0.211. The fourth-order valence-electron chi connectivity index (χ4n) is 2.66. The van der Waals surface area contributed by atoms with Crippen LogP contribution in [0.15, 0.2) is 54.7 Å². The highest BCUT2D eigenvalue weighted by Gasteiger charge is 2.11. The molecule has 0 unspecified atom stereocenters. The smallest absolute Gasteiger partial charge is 0.226 e. The van der Waals surface area contributed by atoms with Crippen LogP contribution in [0.1, 0.15) is 11.1 Å². The third-order valence-corrected chi connectivity index (χ3v) is 4.34. The Bertz CT molecular complexity index is 808. The maximum atomic E-state index is 12.3. The van der Waals surface area contributed by atoms with E-state index in [1.54, 1.807) is 4.90 Å². The van der Waals surface area contributed by atoms with Gasteiger partial charge < -0.3 is 9.88 Å². The molecule has 23 heavy (non-hydrogen) atoms. The maximum absolute atomic E-state index is 12.3. The molecule has 1 heterocycles. The van der Waals surface area contributed by atoms with Gasteiger partial charge >= 0.3 is 0 Å². The van der Waals surface area contributed by atoms with E-state index in [2.05, 4.69) is 17.1 Å². The van der Waals surface area contributed by atoms with Crippen molar-refractivity contribution in [1.82, 2.24) is 9.88 Å². The number of carbonyl (C=O) groups excluding carboxylic acids is 1. The molecule has 4 heteroatoms. The molecule has 0 saturated heterocycles. The van der Waals surface area contributed by atoms with Crippen molar-refractivity contribution >= 4 is 28.4 Å². The van der Waals surface area contributed by atoms with Crippen molar-refractivity contribution < 1.29 is 4.79 Å². The lowest BCUT2D eigenvalue weighted by molar-refractivity contribution is -0.129. The standard InChI is InChI=1S/C19H19ClN2O/c1-22(19(23)12-14-6-8-16(20)9-7-14)11-10-15-13-21-18-5-3-2-4-17(15)18/h2-9,13,21H,10-12H2,1H3. The first-order chi connectivity index (χ1) is 11.1. The minimum absolute atomic E-state index is 0.118. The highest BCUT2D eigenvalue weighted by molar-refractivity contribution is 6.30. The summed E-state index contributed by atoms with van der Waals surface area (Å²) in [4.78, 5) is 17.4. The SMILES string of the molecule is CN(CCc1c[nH]c2ccccc12)C(=O)Cc1ccc(Cl)cc1. The lowest BCUT2D eigenvalue weighted by Gasteiger charge is -2.17. The van der Waals surface area contributed by atoms with E-state index in [0.717, 1.165) is 17.5 Å². The number of halogens is 1. The third-order valence-electron chi connectivity index (χ3n) is 4.09. The van der Waals surface area contributed by atoms with Crippen LogP contribution < -0.4 is 0 Å². The molecule has 0 fully saturated rings. The molecule has 0 spiro atoms. The van der Waals surface area contributed by atoms with E-state index in [9.17, 15) is 4.79 Å². The van der Waals surface area contributed by atoms with Crippen molar-refractivity contribution in [3.05, 3.63) is 70.9 Å². The Morgan fingerprint density at radius 2 is 1.87 bits per heavy atom. The van der Waals surface area contributed by atoms with E-state index in [4.69, 9.17) is 11.6 Å². The number of fused-ring (bicyclic) bond motifs is 1. The number of benzene rings is 2. The molecule has 2 aromatic carbocycles. The molecule has 1 N–H and O–H groups in total. The quantitative estimate of drug-likeness (QED) is 0.754. The molecule has 3 nitrogen and oxygen atoms in total. The van der Waals surface area contributed by atoms with Crippen LogP contribution in [0.5, 0.6) is 0 Å². The molecule has 0 aliphatic carbocycles. The van der Waals surface area contributed by atoms with Crippen LogP contribution in [0.25, 0.3) is 10.9 Å². The van der Waals surface area contributed by atoms with Crippen molar-refractivity contribution in [2.24, 2.45) is 0 Å². The van der Waals surface area contributed by atoms with Crippen molar-refractivity contribution in [2.45, 2.75) is 12.8 Å². The summed E-state index contributed by atoms with van der Waals surface area (Å²) in [6.07, 6.45) is 3.27. The monoisotopic (exact) mass is 326 g/mol. The van der Waals surface area contributed by atoms with Gasteiger partial charge in [0.1, 0.15) is 0 Å². The molecule has 0 radical (unpaired) electrons. The first-order valence-corrected chi connectivity index (χ1v) is 8.04. The van der Waals surface area contributed by atoms with Crippen molar-refractivity contribution in [2.75, 3.05) is 13.6 Å². The number of H-pyrrole nitrogens is 1. The van der Waals surface area contributed by atoms with Gasteiger partial charge in [-0.3, -0.25) is 4.79 Å². The van der Waals surface area contributed by atoms with E-state index in [1.165, 1.54) is 10.9 Å². The lowest BCUT2D eigenvalue weighted by Crippen LogP contribution is -2.30. The second kappa shape index (κ2) is 6.88. The van der Waals surface area contributed by atoms with Crippen molar-refractivity contribution in [3.8, 4) is 0 Å². The van der Waals surface area contributed by atoms with E-state index in [1.807, 2.05) is 49.6 Å². The largest absolute Gasteiger partial charge is 0.361 e. The number of rotatable bonds is 5. The zero-order valence-corrected chi connectivity index (χ0v) is 13.8. The molecule has 0 bridgehead atoms. The van der Waals surface area contributed by atoms with Gasteiger partial charge in [0, 0.05) is 35.7 Å². The number of aromatic nitrogens is 1. The molecule has 0 atom stereocenters. The minimum Gasteiger partial charge on any atom is -0.361 e. The van der Waals surface area contributed by atoms with Gasteiger partial charge in [-0.05, 0) is 35.7 Å². The van der Waals surface area contributed by atoms with Gasteiger partial charge in [-0.2, -0.15) is 0 Å². The molecule has 3 rings (SSSR count). The summed E-state index contributed by atoms with van der Waals surface area (Å²) in [7, 11) is 1.85. The Morgan fingerprint density at radius 3 is 2.65 bits per heavy atom. The van der Waals surface area contributed by atoms with Crippen LogP contribution in [0.2, 0.25) is 5.02 Å². The zero-order valence-electron chi connectivity index (χ0n) is 13.1. The van der Waals surface area contributed by atoms with Gasteiger partial charge in [0.15, 0.2) is 0 Å². The number of aromatic amines is 1. The van der Waals surface area contributed by atoms with Crippen LogP contribution in [-0.4, -0.2) is 29.4 Å². The number of nitrogens with zero attached hydrogens (tertiary/aromatic N) is 1. The van der Waals surface area contributed by atoms with E-state index >= 15 is 0 Å². The number of hydrogen-bond donors (Lipinski definition) is 1. The van der Waals surface area contributed by atoms with E-state index < -0.39 is 0 Å². The normalized spacial score (nSPS) is 10.9. The minimum atomic E-state index is 0.118. The Labute approximate surface area is 140 Å². The molecular formula is C19H19ClN2O. The van der Waals surface area contributed by atoms with Gasteiger partial charge in [0.05, 0.1) is 6.42 Å². The Hall–Kier alpha value is -2.26. The van der Waals surface area contributed by atoms with Crippen LogP contribution >= 0.6 is 11.6 Å². The summed E-state index contributed by atoms with van der Waals surface area (Å²) in [6.45, 7) is 0.703. The fourth-order valence-corrected chi connectivity index (χ4v) is 2.79. The third kappa shape index (κ3) is 3.74. The molecule has 0 aliphatic heterocycles. The van der Waals surface area contributed by atoms with Crippen LogP contribution in [-0.2, 0) is 17.6 Å². The number of para-hydroxylation sites is 1. The second-order valence-electron chi connectivity index (χ2n) is 5.73. The van der Waals surface area contributed by atoms with Gasteiger partial charge in [0.25, 0.3) is 0 Å². The average molecular weight is 327 g/mol. The highest BCUT2D eigenvalue weighted by atomic mass is 35.5. The van der Waals surface area contributed by atoms with E-state index in [0.29, 0.717) is 18.0 Å². The van der Waals surface area contributed by atoms with Gasteiger partial charge in [-0.1, -0.05) is 41.9 Å². The number of nitrogens with one attached hydrogen (secondary N) is 1. The summed E-state index contributed by atoms with van der Waals surface area (Å²) in [5.74, 6) is 0.118. The van der Waals surface area contributed by atoms with Gasteiger partial charge in [-0.25, -0.2) is 0 Å². The van der Waals surface area contributed by atoms with Crippen molar-refractivity contribution in [3.63, 3.8) is 0 Å². The van der Waals surface area contributed by atoms with Crippen LogP contribution in [0.4, 0.5) is 0 Å². The lowest BCUT2D eigenvalue weighted by atomic mass is 10.1. The Kier molecular flexibility index (Phi) is 4.68. The molecule has 1 aromatic heterocycles. The second-order valence-corrected chi connectivity index (χ2v) is 6.16. The number of likely N-dealkylation sites (N-methyl/N-ethyl adjacent to an activating group) is 1. The number of amides is 1. The topological polar surface area (TPSA) is 36.1 Å². The molecule has 1 amide bonds. The van der Waals surface area contributed by atoms with Crippen LogP contribution in [0.3, 0.4) is 0 Å². The zero-order chi connectivity index (χ0) is 16.2. The van der Waals surface area contributed by atoms with Gasteiger partial charge in [0.2, 0.25) is 5.91 Å². The first kappa shape index (κ1) is 15.6. The highest BCUT2D eigenvalue weighted by Crippen LogP contribution is 2.18. The molecule has 118 valence electrons. The Balaban J connectivity index is 1.59. The number of carbonyl (C=O) groups is 1. The molecule has 0 aliphatic rings. The maximum Gasteiger partial charge on any atom is 0.226 e. The summed E-state index contributed by atoms with van der Waals surface area (Å²) < 4.78 is 0. The summed E-state index contributed by atoms with van der Waals surface area (Å²) >= 11 is 5.87. The van der Waals surface area contributed by atoms with Gasteiger partial charge in [-0.15, -0.1) is 0 Å². The molecule has 3 aromatic rings. The molecule has 0 saturated carbocycles.